The van der Waals surface area contributed by atoms with Crippen molar-refractivity contribution in [3.05, 3.63) is 34.1 Å². The summed E-state index contributed by atoms with van der Waals surface area (Å²) < 4.78 is 24.8. The first-order valence-electron chi connectivity index (χ1n) is 4.49. The van der Waals surface area contributed by atoms with Gasteiger partial charge in [0.25, 0.3) is 0 Å². The Balaban J connectivity index is 2.59. The summed E-state index contributed by atoms with van der Waals surface area (Å²) in [6.45, 7) is 0. The maximum Gasteiger partial charge on any atom is 0.304 e. The van der Waals surface area contributed by atoms with Crippen LogP contribution in [0.1, 0.15) is 12.0 Å². The van der Waals surface area contributed by atoms with E-state index in [2.05, 4.69) is 15.9 Å². The van der Waals surface area contributed by atoms with Gasteiger partial charge < -0.3 is 5.11 Å². The molecular weight excluding hydrogens is 299 g/mol. The van der Waals surface area contributed by atoms with Crippen LogP contribution in [-0.4, -0.2) is 21.0 Å². The highest BCUT2D eigenvalue weighted by atomic mass is 79.9. The first-order valence-corrected chi connectivity index (χ1v) is 6.78. The second kappa shape index (κ2) is 6.10. The molecular formula is C10H10BrFO3S. The predicted molar refractivity (Wildman–Crippen MR) is 63.1 cm³/mol. The molecule has 6 heteroatoms. The van der Waals surface area contributed by atoms with Gasteiger partial charge in [-0.15, -0.1) is 0 Å². The molecule has 0 saturated heterocycles. The number of carbonyl (C=O) groups is 1. The van der Waals surface area contributed by atoms with E-state index >= 15 is 0 Å². The van der Waals surface area contributed by atoms with E-state index in [0.29, 0.717) is 10.0 Å². The molecule has 1 unspecified atom stereocenters. The Bertz CT molecular complexity index is 423. The zero-order valence-corrected chi connectivity index (χ0v) is 10.7. The van der Waals surface area contributed by atoms with Crippen molar-refractivity contribution in [1.82, 2.24) is 0 Å². The highest BCUT2D eigenvalue weighted by molar-refractivity contribution is 9.10. The van der Waals surface area contributed by atoms with Gasteiger partial charge in [0.1, 0.15) is 5.82 Å². The summed E-state index contributed by atoms with van der Waals surface area (Å²) >= 11 is 3.16. The average Bonchev–Trinajstić information content (AvgIpc) is 2.19. The van der Waals surface area contributed by atoms with Gasteiger partial charge in [0.15, 0.2) is 0 Å². The van der Waals surface area contributed by atoms with Crippen molar-refractivity contribution >= 4 is 32.7 Å². The number of carboxylic acids is 1. The fourth-order valence-corrected chi connectivity index (χ4v) is 2.91. The standard InChI is InChI=1S/C10H10BrFO3S/c11-9-5-8(12)2-1-7(9)6-16(15)4-3-10(13)14/h1-2,5H,3-4,6H2,(H,13,14). The summed E-state index contributed by atoms with van der Waals surface area (Å²) in [6, 6.07) is 4.12. The van der Waals surface area contributed by atoms with Crippen LogP contribution in [0.3, 0.4) is 0 Å². The van der Waals surface area contributed by atoms with Gasteiger partial charge in [0.05, 0.1) is 6.42 Å². The smallest absolute Gasteiger partial charge is 0.304 e. The Morgan fingerprint density at radius 3 is 2.75 bits per heavy atom. The van der Waals surface area contributed by atoms with E-state index in [9.17, 15) is 13.4 Å². The molecule has 0 saturated carbocycles. The molecule has 0 aliphatic carbocycles. The van der Waals surface area contributed by atoms with Gasteiger partial charge in [0, 0.05) is 26.8 Å². The fraction of sp³-hybridized carbons (Fsp3) is 0.300. The van der Waals surface area contributed by atoms with Crippen LogP contribution in [0, 0.1) is 5.82 Å². The van der Waals surface area contributed by atoms with Gasteiger partial charge in [-0.05, 0) is 17.7 Å². The van der Waals surface area contributed by atoms with Crippen molar-refractivity contribution in [2.75, 3.05) is 5.75 Å². The van der Waals surface area contributed by atoms with Crippen molar-refractivity contribution in [2.45, 2.75) is 12.2 Å². The van der Waals surface area contributed by atoms with Gasteiger partial charge in [0.2, 0.25) is 0 Å². The number of halogens is 2. The summed E-state index contributed by atoms with van der Waals surface area (Å²) in [4.78, 5) is 10.3. The van der Waals surface area contributed by atoms with Gasteiger partial charge in [-0.2, -0.15) is 0 Å². The van der Waals surface area contributed by atoms with E-state index in [1.165, 1.54) is 18.2 Å². The maximum absolute atomic E-state index is 12.8. The molecule has 0 aromatic heterocycles. The number of hydrogen-bond acceptors (Lipinski definition) is 2. The first kappa shape index (κ1) is 13.3. The molecule has 3 nitrogen and oxygen atoms in total. The highest BCUT2D eigenvalue weighted by Gasteiger charge is 2.08. The molecule has 0 spiro atoms. The number of rotatable bonds is 5. The Hall–Kier alpha value is -0.750. The molecule has 0 heterocycles. The molecule has 0 amide bonds. The van der Waals surface area contributed by atoms with Crippen LogP contribution in [0.15, 0.2) is 22.7 Å². The van der Waals surface area contributed by atoms with E-state index in [1.807, 2.05) is 0 Å². The molecule has 0 aliphatic rings. The van der Waals surface area contributed by atoms with Gasteiger partial charge in [-0.1, -0.05) is 22.0 Å². The second-order valence-corrected chi connectivity index (χ2v) is 5.60. The molecule has 0 bridgehead atoms. The number of aliphatic carboxylic acids is 1. The van der Waals surface area contributed by atoms with E-state index in [-0.39, 0.29) is 23.7 Å². The second-order valence-electron chi connectivity index (χ2n) is 3.17. The van der Waals surface area contributed by atoms with E-state index < -0.39 is 16.8 Å². The van der Waals surface area contributed by atoms with Gasteiger partial charge in [-0.25, -0.2) is 4.39 Å². The van der Waals surface area contributed by atoms with Crippen LogP contribution >= 0.6 is 15.9 Å². The molecule has 1 N–H and O–H groups in total. The minimum absolute atomic E-state index is 0.110. The fourth-order valence-electron chi connectivity index (χ4n) is 1.09. The third-order valence-electron chi connectivity index (χ3n) is 1.88. The Morgan fingerprint density at radius 2 is 2.19 bits per heavy atom. The van der Waals surface area contributed by atoms with E-state index in [0.717, 1.165) is 0 Å². The third-order valence-corrected chi connectivity index (χ3v) is 3.91. The lowest BCUT2D eigenvalue weighted by Crippen LogP contribution is -2.06. The van der Waals surface area contributed by atoms with Crippen LogP contribution in [0.2, 0.25) is 0 Å². The largest absolute Gasteiger partial charge is 0.481 e. The summed E-state index contributed by atoms with van der Waals surface area (Å²) in [6.07, 6.45) is -0.120. The SMILES string of the molecule is O=C(O)CCS(=O)Cc1ccc(F)cc1Br. The van der Waals surface area contributed by atoms with Crippen LogP contribution in [0.4, 0.5) is 4.39 Å². The molecule has 1 aromatic rings. The molecule has 0 fully saturated rings. The topological polar surface area (TPSA) is 54.4 Å². The lowest BCUT2D eigenvalue weighted by atomic mass is 10.2. The lowest BCUT2D eigenvalue weighted by Gasteiger charge is -2.04. The van der Waals surface area contributed by atoms with E-state index in [1.54, 1.807) is 0 Å². The molecule has 1 atom stereocenters. The highest BCUT2D eigenvalue weighted by Crippen LogP contribution is 2.19. The van der Waals surface area contributed by atoms with Crippen molar-refractivity contribution in [1.29, 1.82) is 0 Å². The molecule has 88 valence electrons. The van der Waals surface area contributed by atoms with E-state index in [4.69, 9.17) is 5.11 Å². The summed E-state index contributed by atoms with van der Waals surface area (Å²) in [7, 11) is -1.24. The first-order chi connectivity index (χ1) is 7.49. The monoisotopic (exact) mass is 308 g/mol. The quantitative estimate of drug-likeness (QED) is 0.908. The number of benzene rings is 1. The lowest BCUT2D eigenvalue weighted by molar-refractivity contribution is -0.136. The summed E-state index contributed by atoms with van der Waals surface area (Å²) in [5.41, 5.74) is 0.713. The third kappa shape index (κ3) is 4.40. The van der Waals surface area contributed by atoms with Gasteiger partial charge in [-0.3, -0.25) is 9.00 Å². The van der Waals surface area contributed by atoms with Crippen molar-refractivity contribution < 1.29 is 18.5 Å². The zero-order valence-electron chi connectivity index (χ0n) is 8.28. The average molecular weight is 309 g/mol. The van der Waals surface area contributed by atoms with Crippen LogP contribution < -0.4 is 0 Å². The minimum atomic E-state index is -1.24. The summed E-state index contributed by atoms with van der Waals surface area (Å²) in [5.74, 6) is -0.994. The Kier molecular flexibility index (Phi) is 5.08. The van der Waals surface area contributed by atoms with Crippen LogP contribution in [-0.2, 0) is 21.3 Å². The van der Waals surface area contributed by atoms with Crippen molar-refractivity contribution in [3.63, 3.8) is 0 Å². The maximum atomic E-state index is 12.8. The Labute approximate surface area is 103 Å². The predicted octanol–water partition coefficient (Wildman–Crippen LogP) is 2.31. The Morgan fingerprint density at radius 1 is 1.50 bits per heavy atom. The molecule has 0 aliphatic heterocycles. The van der Waals surface area contributed by atoms with Crippen LogP contribution in [0.5, 0.6) is 0 Å². The normalized spacial score (nSPS) is 12.4. The molecule has 1 aromatic carbocycles. The minimum Gasteiger partial charge on any atom is -0.481 e. The molecule has 16 heavy (non-hydrogen) atoms. The number of hydrogen-bond donors (Lipinski definition) is 1. The molecule has 0 radical (unpaired) electrons. The zero-order chi connectivity index (χ0) is 12.1. The van der Waals surface area contributed by atoms with Crippen LogP contribution in [0.25, 0.3) is 0 Å². The molecule has 1 rings (SSSR count). The van der Waals surface area contributed by atoms with Crippen molar-refractivity contribution in [2.24, 2.45) is 0 Å². The van der Waals surface area contributed by atoms with Crippen molar-refractivity contribution in [3.8, 4) is 0 Å². The number of carboxylic acid groups (broad SMARTS) is 1. The summed E-state index contributed by atoms with van der Waals surface area (Å²) in [5, 5.41) is 8.43. The van der Waals surface area contributed by atoms with Gasteiger partial charge >= 0.3 is 5.97 Å².